The molecular weight excluding hydrogens is 442 g/mol. The van der Waals surface area contributed by atoms with Crippen molar-refractivity contribution in [1.29, 1.82) is 0 Å². The predicted molar refractivity (Wildman–Crippen MR) is 132 cm³/mol. The van der Waals surface area contributed by atoms with E-state index in [1.807, 2.05) is 30.3 Å². The van der Waals surface area contributed by atoms with Crippen molar-refractivity contribution < 1.29 is 5.11 Å². The highest BCUT2D eigenvalue weighted by Gasteiger charge is 2.26. The van der Waals surface area contributed by atoms with Gasteiger partial charge in [-0.25, -0.2) is 0 Å². The molecule has 4 rings (SSSR count). The summed E-state index contributed by atoms with van der Waals surface area (Å²) in [6.45, 7) is 12.4. The number of rotatable bonds is 2. The smallest absolute Gasteiger partial charge is 0.291 e. The maximum absolute atomic E-state index is 13.0. The van der Waals surface area contributed by atoms with Crippen LogP contribution in [-0.4, -0.2) is 19.7 Å². The Balaban J connectivity index is 1.87. The number of nitrogens with zero attached hydrogens (tertiary/aromatic N) is 3. The molecule has 0 saturated carbocycles. The summed E-state index contributed by atoms with van der Waals surface area (Å²) in [5.41, 5.74) is 2.64. The third-order valence-electron chi connectivity index (χ3n) is 5.31. The Hall–Kier alpha value is -2.70. The summed E-state index contributed by atoms with van der Waals surface area (Å²) in [4.78, 5) is 18.1. The second-order valence-corrected chi connectivity index (χ2v) is 11.5. The zero-order chi connectivity index (χ0) is 23.4. The number of aromatic hydroxyl groups is 1. The quantitative estimate of drug-likeness (QED) is 0.433. The van der Waals surface area contributed by atoms with Crippen LogP contribution >= 0.6 is 22.9 Å². The highest BCUT2D eigenvalue weighted by molar-refractivity contribution is 7.15. The molecule has 0 fully saturated rings. The first-order valence-corrected chi connectivity index (χ1v) is 11.6. The van der Waals surface area contributed by atoms with E-state index in [1.54, 1.807) is 12.1 Å². The van der Waals surface area contributed by atoms with E-state index in [1.165, 1.54) is 15.9 Å². The summed E-state index contributed by atoms with van der Waals surface area (Å²) in [5.74, 6) is 0.787. The molecule has 0 atom stereocenters. The van der Waals surface area contributed by atoms with Gasteiger partial charge in [-0.3, -0.25) is 4.79 Å². The highest BCUT2D eigenvalue weighted by atomic mass is 35.5. The topological polar surface area (TPSA) is 67.5 Å². The molecule has 0 amide bonds. The average Bonchev–Trinajstić information content (AvgIpc) is 3.21. The van der Waals surface area contributed by atoms with Crippen LogP contribution < -0.4 is 10.1 Å². The molecule has 32 heavy (non-hydrogen) atoms. The fraction of sp³-hybridized carbons (Fsp3) is 0.320. The fourth-order valence-electron chi connectivity index (χ4n) is 3.62. The van der Waals surface area contributed by atoms with E-state index in [-0.39, 0.29) is 16.4 Å². The second-order valence-electron chi connectivity index (χ2n) is 10.0. The van der Waals surface area contributed by atoms with Gasteiger partial charge < -0.3 is 5.11 Å². The van der Waals surface area contributed by atoms with Gasteiger partial charge in [0.15, 0.2) is 5.82 Å². The van der Waals surface area contributed by atoms with Crippen molar-refractivity contribution in [1.82, 2.24) is 14.6 Å². The zero-order valence-corrected chi connectivity index (χ0v) is 20.6. The number of halogens is 1. The number of phenolic OH excluding ortho intramolecular Hbond substituents is 1. The third kappa shape index (κ3) is 4.17. The van der Waals surface area contributed by atoms with Crippen molar-refractivity contribution in [3.63, 3.8) is 0 Å². The molecule has 1 N–H and O–H groups in total. The van der Waals surface area contributed by atoms with Crippen LogP contribution in [0.15, 0.2) is 41.2 Å². The van der Waals surface area contributed by atoms with Gasteiger partial charge in [0.2, 0.25) is 4.96 Å². The Kier molecular flexibility index (Phi) is 5.42. The highest BCUT2D eigenvalue weighted by Crippen LogP contribution is 2.39. The van der Waals surface area contributed by atoms with Gasteiger partial charge in [0, 0.05) is 21.7 Å². The number of aromatic nitrogens is 3. The van der Waals surface area contributed by atoms with E-state index in [9.17, 15) is 9.90 Å². The van der Waals surface area contributed by atoms with E-state index in [0.29, 0.717) is 26.1 Å². The summed E-state index contributed by atoms with van der Waals surface area (Å²) in [6.07, 6.45) is 1.85. The minimum Gasteiger partial charge on any atom is -0.507 e. The molecule has 2 aromatic carbocycles. The van der Waals surface area contributed by atoms with Crippen LogP contribution in [-0.2, 0) is 10.8 Å². The van der Waals surface area contributed by atoms with E-state index < -0.39 is 0 Å². The minimum absolute atomic E-state index is 0.214. The first-order chi connectivity index (χ1) is 14.8. The number of hydrogen-bond acceptors (Lipinski definition) is 5. The van der Waals surface area contributed by atoms with Crippen molar-refractivity contribution in [3.05, 3.63) is 73.0 Å². The number of hydrogen-bond donors (Lipinski definition) is 1. The van der Waals surface area contributed by atoms with E-state index in [0.717, 1.165) is 22.3 Å². The summed E-state index contributed by atoms with van der Waals surface area (Å²) in [7, 11) is 0. The minimum atomic E-state index is -0.244. The second kappa shape index (κ2) is 7.71. The van der Waals surface area contributed by atoms with Crippen LogP contribution in [0, 0.1) is 0 Å². The van der Waals surface area contributed by atoms with Crippen molar-refractivity contribution in [2.75, 3.05) is 0 Å². The number of phenols is 1. The summed E-state index contributed by atoms with van der Waals surface area (Å²) in [6, 6.07) is 11.2. The standard InChI is InChI=1S/C25H26ClN3O2S/c1-24(2,3)17-10-14(11-18(20(17)30)25(4,5)6)12-19-22(31)29-23(32-19)27-21(28-29)15-8-7-9-16(26)13-15/h7-13,30H,1-6H3/b19-12-. The first-order valence-electron chi connectivity index (χ1n) is 10.4. The molecule has 0 aliphatic rings. The normalized spacial score (nSPS) is 13.3. The lowest BCUT2D eigenvalue weighted by Gasteiger charge is -2.27. The van der Waals surface area contributed by atoms with Crippen LogP contribution in [0.5, 0.6) is 5.75 Å². The van der Waals surface area contributed by atoms with Gasteiger partial charge in [0.05, 0.1) is 4.53 Å². The Bertz CT molecular complexity index is 1400. The monoisotopic (exact) mass is 467 g/mol. The lowest BCUT2D eigenvalue weighted by Crippen LogP contribution is -2.24. The number of thiazole rings is 1. The molecule has 2 heterocycles. The molecule has 0 aliphatic heterocycles. The first kappa shape index (κ1) is 22.5. The van der Waals surface area contributed by atoms with Gasteiger partial charge in [0.25, 0.3) is 5.56 Å². The number of fused-ring (bicyclic) bond motifs is 1. The van der Waals surface area contributed by atoms with E-state index in [4.69, 9.17) is 11.6 Å². The van der Waals surface area contributed by atoms with Crippen molar-refractivity contribution in [3.8, 4) is 17.1 Å². The largest absolute Gasteiger partial charge is 0.507 e. The van der Waals surface area contributed by atoms with Gasteiger partial charge in [-0.1, -0.05) is 76.6 Å². The Morgan fingerprint density at radius 1 is 1.03 bits per heavy atom. The lowest BCUT2D eigenvalue weighted by molar-refractivity contribution is 0.423. The van der Waals surface area contributed by atoms with Crippen molar-refractivity contribution in [2.45, 2.75) is 52.4 Å². The summed E-state index contributed by atoms with van der Waals surface area (Å²) >= 11 is 7.37. The molecule has 0 unspecified atom stereocenters. The van der Waals surface area contributed by atoms with Crippen LogP contribution in [0.1, 0.15) is 58.2 Å². The molecule has 0 radical (unpaired) electrons. The molecule has 7 heteroatoms. The fourth-order valence-corrected chi connectivity index (χ4v) is 4.72. The Labute approximate surface area is 196 Å². The molecule has 4 aromatic rings. The van der Waals surface area contributed by atoms with Gasteiger partial charge in [-0.2, -0.15) is 9.50 Å². The Morgan fingerprint density at radius 3 is 2.19 bits per heavy atom. The molecule has 166 valence electrons. The molecule has 5 nitrogen and oxygen atoms in total. The molecule has 2 aromatic heterocycles. The average molecular weight is 468 g/mol. The van der Waals surface area contributed by atoms with E-state index in [2.05, 4.69) is 51.6 Å². The van der Waals surface area contributed by atoms with Crippen molar-refractivity contribution in [2.24, 2.45) is 0 Å². The van der Waals surface area contributed by atoms with Crippen LogP contribution in [0.3, 0.4) is 0 Å². The van der Waals surface area contributed by atoms with E-state index >= 15 is 0 Å². The van der Waals surface area contributed by atoms with Crippen LogP contribution in [0.25, 0.3) is 22.4 Å². The predicted octanol–water partition coefficient (Wildman–Crippen LogP) is 5.32. The lowest BCUT2D eigenvalue weighted by atomic mass is 9.78. The molecule has 0 saturated heterocycles. The van der Waals surface area contributed by atoms with Crippen molar-refractivity contribution >= 4 is 34.0 Å². The third-order valence-corrected chi connectivity index (χ3v) is 6.50. The maximum Gasteiger partial charge on any atom is 0.291 e. The zero-order valence-electron chi connectivity index (χ0n) is 19.0. The number of benzene rings is 2. The SMILES string of the molecule is CC(C)(C)c1cc(/C=c2\sc3nc(-c4cccc(Cl)c4)nn3c2=O)cc(C(C)(C)C)c1O. The summed E-state index contributed by atoms with van der Waals surface area (Å²) in [5, 5.41) is 15.9. The van der Waals surface area contributed by atoms with Crippen LogP contribution in [0.2, 0.25) is 5.02 Å². The molecule has 0 aliphatic carbocycles. The maximum atomic E-state index is 13.0. The summed E-state index contributed by atoms with van der Waals surface area (Å²) < 4.78 is 1.88. The molecular formula is C25H26ClN3O2S. The van der Waals surface area contributed by atoms with Gasteiger partial charge in [0.1, 0.15) is 5.75 Å². The molecule has 0 spiro atoms. The van der Waals surface area contributed by atoms with Gasteiger partial charge >= 0.3 is 0 Å². The van der Waals surface area contributed by atoms with Crippen LogP contribution in [0.4, 0.5) is 0 Å². The Morgan fingerprint density at radius 2 is 1.66 bits per heavy atom. The molecule has 0 bridgehead atoms. The van der Waals surface area contributed by atoms with Gasteiger partial charge in [-0.05, 0) is 46.7 Å². The van der Waals surface area contributed by atoms with Gasteiger partial charge in [-0.15, -0.1) is 5.10 Å².